The van der Waals surface area contributed by atoms with Crippen LogP contribution in [0.4, 0.5) is 0 Å². The van der Waals surface area contributed by atoms with E-state index < -0.39 is 11.1 Å². The van der Waals surface area contributed by atoms with E-state index in [-0.39, 0.29) is 0 Å². The van der Waals surface area contributed by atoms with Crippen LogP contribution in [0.1, 0.15) is 17.5 Å². The van der Waals surface area contributed by atoms with Gasteiger partial charge >= 0.3 is 0 Å². The molecule has 0 bridgehead atoms. The van der Waals surface area contributed by atoms with E-state index in [2.05, 4.69) is 24.3 Å². The minimum atomic E-state index is -1.63. The van der Waals surface area contributed by atoms with Crippen LogP contribution in [-0.2, 0) is 23.9 Å². The Labute approximate surface area is 86.6 Å². The summed E-state index contributed by atoms with van der Waals surface area (Å²) in [6.45, 7) is 0. The lowest BCUT2D eigenvalue weighted by Gasteiger charge is -2.05. The molecule has 0 saturated heterocycles. The Morgan fingerprint density at radius 1 is 1.29 bits per heavy atom. The summed E-state index contributed by atoms with van der Waals surface area (Å²) in [4.78, 5) is 0. The Morgan fingerprint density at radius 2 is 1.86 bits per heavy atom. The van der Waals surface area contributed by atoms with Gasteiger partial charge in [0.15, 0.2) is 11.1 Å². The van der Waals surface area contributed by atoms with Crippen LogP contribution >= 0.6 is 0 Å². The van der Waals surface area contributed by atoms with Crippen LogP contribution < -0.4 is 0 Å². The highest BCUT2D eigenvalue weighted by molar-refractivity contribution is 7.79. The molecule has 1 aliphatic carbocycles. The molecule has 0 amide bonds. The molecular weight excluding hydrogens is 196 g/mol. The summed E-state index contributed by atoms with van der Waals surface area (Å²) in [7, 11) is 0. The average Bonchev–Trinajstić information content (AvgIpc) is 2.57. The maximum absolute atomic E-state index is 10.5. The van der Waals surface area contributed by atoms with Gasteiger partial charge in [0.1, 0.15) is 0 Å². The monoisotopic (exact) mass is 210 g/mol. The second-order valence-electron chi connectivity index (χ2n) is 3.86. The second-order valence-corrected chi connectivity index (χ2v) is 4.91. The van der Waals surface area contributed by atoms with Gasteiger partial charge in [0.05, 0.1) is 0 Å². The van der Waals surface area contributed by atoms with E-state index in [4.69, 9.17) is 4.55 Å². The molecule has 0 aromatic heterocycles. The van der Waals surface area contributed by atoms with E-state index in [0.717, 1.165) is 19.3 Å². The van der Waals surface area contributed by atoms with Crippen LogP contribution in [0.5, 0.6) is 0 Å². The summed E-state index contributed by atoms with van der Waals surface area (Å²) < 4.78 is 19.2. The van der Waals surface area contributed by atoms with Gasteiger partial charge in [-0.05, 0) is 36.3 Å². The number of hydrogen-bond acceptors (Lipinski definition) is 1. The zero-order valence-corrected chi connectivity index (χ0v) is 8.80. The topological polar surface area (TPSA) is 37.3 Å². The Bertz CT molecular complexity index is 324. The van der Waals surface area contributed by atoms with Crippen LogP contribution in [0.2, 0.25) is 0 Å². The molecule has 0 saturated carbocycles. The van der Waals surface area contributed by atoms with Crippen molar-refractivity contribution in [2.75, 3.05) is 5.75 Å². The van der Waals surface area contributed by atoms with Crippen molar-refractivity contribution < 1.29 is 8.76 Å². The van der Waals surface area contributed by atoms with Crippen molar-refractivity contribution in [1.29, 1.82) is 0 Å². The summed E-state index contributed by atoms with van der Waals surface area (Å²) in [6.07, 6.45) is 3.01. The highest BCUT2D eigenvalue weighted by Crippen LogP contribution is 2.28. The van der Waals surface area contributed by atoms with Crippen molar-refractivity contribution in [3.05, 3.63) is 35.4 Å². The van der Waals surface area contributed by atoms with Gasteiger partial charge in [-0.2, -0.15) is 0 Å². The molecule has 1 aliphatic rings. The predicted molar refractivity (Wildman–Crippen MR) is 57.6 cm³/mol. The fourth-order valence-corrected chi connectivity index (χ4v) is 2.66. The molecule has 1 aromatic carbocycles. The molecule has 0 fully saturated rings. The molecule has 0 aliphatic heterocycles. The van der Waals surface area contributed by atoms with Crippen molar-refractivity contribution in [2.45, 2.75) is 19.3 Å². The molecule has 1 aromatic rings. The van der Waals surface area contributed by atoms with Gasteiger partial charge < -0.3 is 4.55 Å². The van der Waals surface area contributed by atoms with Crippen LogP contribution in [0.15, 0.2) is 24.3 Å². The quantitative estimate of drug-likeness (QED) is 0.775. The average molecular weight is 210 g/mol. The highest BCUT2D eigenvalue weighted by Gasteiger charge is 2.20. The van der Waals surface area contributed by atoms with Crippen molar-refractivity contribution in [3.63, 3.8) is 0 Å². The first-order valence-corrected chi connectivity index (χ1v) is 6.17. The maximum atomic E-state index is 10.5. The molecule has 1 N–H and O–H groups in total. The molecule has 76 valence electrons. The molecule has 2 nitrogen and oxygen atoms in total. The summed E-state index contributed by atoms with van der Waals surface area (Å²) in [5, 5.41) is 0. The summed E-state index contributed by atoms with van der Waals surface area (Å²) in [5.74, 6) is 0.988. The predicted octanol–water partition coefficient (Wildman–Crippen LogP) is 2.01. The fraction of sp³-hybridized carbons (Fsp3) is 0.455. The molecule has 1 unspecified atom stereocenters. The third kappa shape index (κ3) is 2.22. The standard InChI is InChI=1S/C11H14O2S/c12-14(13)6-5-9-7-10-3-1-2-4-11(10)8-9/h1-4,9H,5-8H2,(H,12,13). The van der Waals surface area contributed by atoms with Gasteiger partial charge in [0.2, 0.25) is 0 Å². The Kier molecular flexibility index (Phi) is 2.99. The zero-order chi connectivity index (χ0) is 9.97. The van der Waals surface area contributed by atoms with Gasteiger partial charge in [-0.3, -0.25) is 0 Å². The van der Waals surface area contributed by atoms with Crippen molar-refractivity contribution in [2.24, 2.45) is 5.92 Å². The highest BCUT2D eigenvalue weighted by atomic mass is 32.2. The number of rotatable bonds is 3. The number of hydrogen-bond donors (Lipinski definition) is 1. The summed E-state index contributed by atoms with van der Waals surface area (Å²) >= 11 is -1.63. The first-order valence-electron chi connectivity index (χ1n) is 4.90. The molecule has 0 radical (unpaired) electrons. The van der Waals surface area contributed by atoms with Gasteiger partial charge in [0.25, 0.3) is 0 Å². The molecule has 0 spiro atoms. The molecule has 2 rings (SSSR count). The third-order valence-corrected chi connectivity index (χ3v) is 3.42. The maximum Gasteiger partial charge on any atom is 0.152 e. The van der Waals surface area contributed by atoms with E-state index in [1.165, 1.54) is 11.1 Å². The molecule has 14 heavy (non-hydrogen) atoms. The van der Waals surface area contributed by atoms with Crippen LogP contribution in [0, 0.1) is 5.92 Å². The van der Waals surface area contributed by atoms with E-state index >= 15 is 0 Å². The van der Waals surface area contributed by atoms with Gasteiger partial charge in [-0.15, -0.1) is 0 Å². The van der Waals surface area contributed by atoms with Gasteiger partial charge in [-0.1, -0.05) is 24.3 Å². The van der Waals surface area contributed by atoms with Crippen molar-refractivity contribution in [1.82, 2.24) is 0 Å². The normalized spacial score (nSPS) is 18.1. The Balaban J connectivity index is 1.95. The number of benzene rings is 1. The molecule has 0 heterocycles. The lowest BCUT2D eigenvalue weighted by molar-refractivity contribution is 0.519. The fourth-order valence-electron chi connectivity index (χ4n) is 2.12. The van der Waals surface area contributed by atoms with Gasteiger partial charge in [0, 0.05) is 5.75 Å². The van der Waals surface area contributed by atoms with E-state index in [1.54, 1.807) is 0 Å². The lowest BCUT2D eigenvalue weighted by atomic mass is 10.0. The summed E-state index contributed by atoms with van der Waals surface area (Å²) in [5.41, 5.74) is 2.84. The van der Waals surface area contributed by atoms with E-state index in [1.807, 2.05) is 0 Å². The molecule has 1 atom stereocenters. The van der Waals surface area contributed by atoms with Crippen LogP contribution in [-0.4, -0.2) is 14.5 Å². The minimum absolute atomic E-state index is 0.415. The zero-order valence-electron chi connectivity index (χ0n) is 7.98. The Morgan fingerprint density at radius 3 is 2.36 bits per heavy atom. The number of fused-ring (bicyclic) bond motifs is 1. The third-order valence-electron chi connectivity index (χ3n) is 2.84. The lowest BCUT2D eigenvalue weighted by Crippen LogP contribution is -2.05. The first kappa shape index (κ1) is 9.87. The molecular formula is C11H14O2S. The first-order chi connectivity index (χ1) is 6.75. The van der Waals surface area contributed by atoms with E-state index in [0.29, 0.717) is 11.7 Å². The summed E-state index contributed by atoms with van der Waals surface area (Å²) in [6, 6.07) is 8.44. The minimum Gasteiger partial charge on any atom is -0.306 e. The van der Waals surface area contributed by atoms with E-state index in [9.17, 15) is 4.21 Å². The van der Waals surface area contributed by atoms with Crippen molar-refractivity contribution in [3.8, 4) is 0 Å². The van der Waals surface area contributed by atoms with Crippen LogP contribution in [0.3, 0.4) is 0 Å². The smallest absolute Gasteiger partial charge is 0.152 e. The second kappa shape index (κ2) is 4.24. The van der Waals surface area contributed by atoms with Crippen LogP contribution in [0.25, 0.3) is 0 Å². The SMILES string of the molecule is O=S(O)CCC1Cc2ccccc2C1. The van der Waals surface area contributed by atoms with Gasteiger partial charge in [-0.25, -0.2) is 4.21 Å². The largest absolute Gasteiger partial charge is 0.306 e. The van der Waals surface area contributed by atoms with Crippen molar-refractivity contribution >= 4 is 11.1 Å². The Hall–Kier alpha value is -0.670. The molecule has 3 heteroatoms.